The molecule has 0 aliphatic rings. The predicted octanol–water partition coefficient (Wildman–Crippen LogP) is 2.24. The molecule has 0 radical (unpaired) electrons. The molecule has 15 heavy (non-hydrogen) atoms. The highest BCUT2D eigenvalue weighted by Crippen LogP contribution is 2.18. The molecule has 2 N–H and O–H groups in total. The molecule has 1 heterocycles. The molecular formula is C10H11ClN2O2. The first kappa shape index (κ1) is 11.7. The monoisotopic (exact) mass is 226 g/mol. The van der Waals surface area contributed by atoms with Gasteiger partial charge in [0.2, 0.25) is 5.89 Å². The minimum absolute atomic E-state index is 0. The highest BCUT2D eigenvalue weighted by atomic mass is 35.5. The maximum absolute atomic E-state index is 8.46. The van der Waals surface area contributed by atoms with Crippen LogP contribution in [0.25, 0.3) is 11.5 Å². The first-order valence-corrected chi connectivity index (χ1v) is 4.27. The second-order valence-corrected chi connectivity index (χ2v) is 2.83. The Labute approximate surface area is 93.3 Å². The Morgan fingerprint density at radius 1 is 1.27 bits per heavy atom. The van der Waals surface area contributed by atoms with Gasteiger partial charge >= 0.3 is 0 Å². The van der Waals surface area contributed by atoms with E-state index in [2.05, 4.69) is 4.98 Å². The minimum atomic E-state index is 0. The highest BCUT2D eigenvalue weighted by Gasteiger charge is 2.04. The summed E-state index contributed by atoms with van der Waals surface area (Å²) in [6.45, 7) is 0.264. The van der Waals surface area contributed by atoms with Gasteiger partial charge in [-0.1, -0.05) is 18.2 Å². The van der Waals surface area contributed by atoms with Crippen molar-refractivity contribution >= 4 is 12.4 Å². The fourth-order valence-corrected chi connectivity index (χ4v) is 1.18. The molecule has 0 spiro atoms. The van der Waals surface area contributed by atoms with Gasteiger partial charge in [-0.15, -0.1) is 12.4 Å². The van der Waals surface area contributed by atoms with Crippen molar-refractivity contribution in [1.29, 1.82) is 0 Å². The molecule has 0 aliphatic carbocycles. The van der Waals surface area contributed by atoms with E-state index in [1.807, 2.05) is 35.8 Å². The zero-order valence-corrected chi connectivity index (χ0v) is 8.70. The van der Waals surface area contributed by atoms with E-state index in [1.54, 1.807) is 6.20 Å². The van der Waals surface area contributed by atoms with Crippen molar-refractivity contribution in [2.75, 3.05) is 0 Å². The van der Waals surface area contributed by atoms with Crippen molar-refractivity contribution < 1.29 is 9.62 Å². The van der Waals surface area contributed by atoms with E-state index in [0.717, 1.165) is 5.56 Å². The second-order valence-electron chi connectivity index (χ2n) is 2.83. The van der Waals surface area contributed by atoms with Crippen LogP contribution in [0.2, 0.25) is 0 Å². The minimum Gasteiger partial charge on any atom is -0.440 e. The van der Waals surface area contributed by atoms with Gasteiger partial charge in [0, 0.05) is 5.56 Å². The average Bonchev–Trinajstić information content (AvgIpc) is 2.68. The summed E-state index contributed by atoms with van der Waals surface area (Å²) in [5.41, 5.74) is 2.94. The molecule has 80 valence electrons. The van der Waals surface area contributed by atoms with Gasteiger partial charge in [-0.25, -0.2) is 4.98 Å². The van der Waals surface area contributed by atoms with Crippen molar-refractivity contribution in [3.05, 3.63) is 42.3 Å². The number of halogens is 1. The summed E-state index contributed by atoms with van der Waals surface area (Å²) >= 11 is 0. The van der Waals surface area contributed by atoms with Crippen molar-refractivity contribution in [2.45, 2.75) is 6.54 Å². The summed E-state index contributed by atoms with van der Waals surface area (Å²) in [6.07, 6.45) is 1.59. The van der Waals surface area contributed by atoms with Gasteiger partial charge in [0.05, 0.1) is 12.7 Å². The number of rotatable bonds is 3. The molecule has 1 aromatic heterocycles. The first-order valence-electron chi connectivity index (χ1n) is 4.27. The van der Waals surface area contributed by atoms with E-state index >= 15 is 0 Å². The maximum Gasteiger partial charge on any atom is 0.226 e. The fourth-order valence-electron chi connectivity index (χ4n) is 1.18. The summed E-state index contributed by atoms with van der Waals surface area (Å²) in [5.74, 6) is 1.17. The number of oxazole rings is 1. The zero-order valence-electron chi connectivity index (χ0n) is 7.88. The molecule has 0 amide bonds. The van der Waals surface area contributed by atoms with Gasteiger partial charge in [0.15, 0.2) is 0 Å². The number of aromatic nitrogens is 1. The van der Waals surface area contributed by atoms with Gasteiger partial charge in [0.25, 0.3) is 0 Å². The maximum atomic E-state index is 8.46. The van der Waals surface area contributed by atoms with E-state index in [1.165, 1.54) is 0 Å². The van der Waals surface area contributed by atoms with Crippen molar-refractivity contribution in [3.8, 4) is 11.5 Å². The summed E-state index contributed by atoms with van der Waals surface area (Å²) in [7, 11) is 0. The summed E-state index contributed by atoms with van der Waals surface area (Å²) in [4.78, 5) is 4.09. The van der Waals surface area contributed by atoms with Crippen LogP contribution in [0.15, 0.2) is 40.9 Å². The topological polar surface area (TPSA) is 58.3 Å². The molecule has 1 aromatic carbocycles. The van der Waals surface area contributed by atoms with Crippen LogP contribution in [0.1, 0.15) is 5.76 Å². The zero-order chi connectivity index (χ0) is 9.80. The van der Waals surface area contributed by atoms with Crippen LogP contribution in [-0.2, 0) is 6.54 Å². The van der Waals surface area contributed by atoms with E-state index < -0.39 is 0 Å². The smallest absolute Gasteiger partial charge is 0.226 e. The summed E-state index contributed by atoms with van der Waals surface area (Å²) in [6, 6.07) is 9.61. The number of benzene rings is 1. The van der Waals surface area contributed by atoms with Gasteiger partial charge in [0.1, 0.15) is 5.76 Å². The van der Waals surface area contributed by atoms with Crippen LogP contribution in [0, 0.1) is 0 Å². The Morgan fingerprint density at radius 3 is 2.67 bits per heavy atom. The Bertz CT molecular complexity index is 403. The molecule has 0 aliphatic heterocycles. The Balaban J connectivity index is 0.00000112. The van der Waals surface area contributed by atoms with Crippen molar-refractivity contribution in [2.24, 2.45) is 0 Å². The van der Waals surface area contributed by atoms with Gasteiger partial charge in [-0.3, -0.25) is 0 Å². The number of hydrogen-bond donors (Lipinski definition) is 2. The Hall–Kier alpha value is -1.36. The lowest BCUT2D eigenvalue weighted by Gasteiger charge is -1.93. The van der Waals surface area contributed by atoms with Gasteiger partial charge < -0.3 is 9.62 Å². The van der Waals surface area contributed by atoms with Crippen LogP contribution in [0.4, 0.5) is 0 Å². The Morgan fingerprint density at radius 2 is 2.00 bits per heavy atom. The average molecular weight is 227 g/mol. The number of hydroxylamine groups is 1. The molecule has 5 heteroatoms. The van der Waals surface area contributed by atoms with Gasteiger partial charge in [-0.2, -0.15) is 5.48 Å². The standard InChI is InChI=1S/C10H10N2O2.ClH/c13-12-7-9-6-11-10(14-9)8-4-2-1-3-5-8;/h1-6,12-13H,7H2;1H. The largest absolute Gasteiger partial charge is 0.440 e. The van der Waals surface area contributed by atoms with E-state index in [4.69, 9.17) is 9.62 Å². The lowest BCUT2D eigenvalue weighted by Crippen LogP contribution is -2.04. The predicted molar refractivity (Wildman–Crippen MR) is 57.8 cm³/mol. The van der Waals surface area contributed by atoms with Crippen LogP contribution < -0.4 is 5.48 Å². The lowest BCUT2D eigenvalue weighted by molar-refractivity contribution is 0.153. The lowest BCUT2D eigenvalue weighted by atomic mass is 10.2. The normalized spacial score (nSPS) is 9.67. The molecule has 0 unspecified atom stereocenters. The number of nitrogens with one attached hydrogen (secondary N) is 1. The van der Waals surface area contributed by atoms with E-state index in [0.29, 0.717) is 11.7 Å². The van der Waals surface area contributed by atoms with Crippen LogP contribution in [0.3, 0.4) is 0 Å². The molecule has 4 nitrogen and oxygen atoms in total. The van der Waals surface area contributed by atoms with Gasteiger partial charge in [-0.05, 0) is 12.1 Å². The van der Waals surface area contributed by atoms with E-state index in [9.17, 15) is 0 Å². The number of nitrogens with zero attached hydrogens (tertiary/aromatic N) is 1. The third-order valence-corrected chi connectivity index (χ3v) is 1.83. The Kier molecular flexibility index (Phi) is 4.30. The molecule has 2 rings (SSSR count). The fraction of sp³-hybridized carbons (Fsp3) is 0.100. The summed E-state index contributed by atoms with van der Waals surface area (Å²) < 4.78 is 5.38. The second kappa shape index (κ2) is 5.50. The molecular weight excluding hydrogens is 216 g/mol. The van der Waals surface area contributed by atoms with Crippen LogP contribution in [-0.4, -0.2) is 10.2 Å². The first-order chi connectivity index (χ1) is 6.90. The molecule has 0 bridgehead atoms. The molecule has 0 saturated carbocycles. The van der Waals surface area contributed by atoms with Crippen LogP contribution >= 0.6 is 12.4 Å². The third-order valence-electron chi connectivity index (χ3n) is 1.83. The van der Waals surface area contributed by atoms with Crippen molar-refractivity contribution in [3.63, 3.8) is 0 Å². The molecule has 0 atom stereocenters. The SMILES string of the molecule is Cl.ONCc1cnc(-c2ccccc2)o1. The van der Waals surface area contributed by atoms with E-state index in [-0.39, 0.29) is 19.0 Å². The van der Waals surface area contributed by atoms with Crippen LogP contribution in [0.5, 0.6) is 0 Å². The summed E-state index contributed by atoms with van der Waals surface area (Å²) in [5, 5.41) is 8.46. The quantitative estimate of drug-likeness (QED) is 0.789. The molecule has 0 saturated heterocycles. The molecule has 2 aromatic rings. The number of hydrogen-bond acceptors (Lipinski definition) is 4. The highest BCUT2D eigenvalue weighted by molar-refractivity contribution is 5.85. The third kappa shape index (κ3) is 2.79. The molecule has 0 fully saturated rings. The van der Waals surface area contributed by atoms with Crippen molar-refractivity contribution in [1.82, 2.24) is 10.5 Å².